The number of pyridine rings is 1. The number of fused-ring (bicyclic) bond motifs is 1. The molecule has 2 aromatic carbocycles. The summed E-state index contributed by atoms with van der Waals surface area (Å²) in [7, 11) is 0. The first-order valence-corrected chi connectivity index (χ1v) is 10.3. The summed E-state index contributed by atoms with van der Waals surface area (Å²) in [5, 5.41) is 31.7. The maximum absolute atomic E-state index is 13.6. The molecule has 0 amide bonds. The van der Waals surface area contributed by atoms with Gasteiger partial charge in [0.05, 0.1) is 23.4 Å². The highest BCUT2D eigenvalue weighted by Gasteiger charge is 2.29. The minimum absolute atomic E-state index is 0. The lowest BCUT2D eigenvalue weighted by Crippen LogP contribution is -2.29. The van der Waals surface area contributed by atoms with Crippen molar-refractivity contribution in [1.82, 2.24) is 11.1 Å². The van der Waals surface area contributed by atoms with E-state index in [1.807, 2.05) is 24.3 Å². The summed E-state index contributed by atoms with van der Waals surface area (Å²) in [4.78, 5) is 15.5. The van der Waals surface area contributed by atoms with Gasteiger partial charge in [0.15, 0.2) is 0 Å². The van der Waals surface area contributed by atoms with Crippen LogP contribution in [0.25, 0.3) is 28.1 Å². The average Bonchev–Trinajstić information content (AvgIpc) is 3.56. The first-order chi connectivity index (χ1) is 14.9. The second-order valence-corrected chi connectivity index (χ2v) is 7.98. The number of para-hydroxylation sites is 1. The van der Waals surface area contributed by atoms with Crippen LogP contribution >= 0.6 is 0 Å². The molecule has 168 valence electrons. The fourth-order valence-electron chi connectivity index (χ4n) is 3.85. The molecule has 1 heterocycles. The van der Waals surface area contributed by atoms with Crippen LogP contribution in [0.15, 0.2) is 54.6 Å². The molecule has 0 unspecified atom stereocenters. The first-order valence-electron chi connectivity index (χ1n) is 10.3. The maximum Gasteiger partial charge on any atom is 0.123 e. The normalized spacial score (nSPS) is 15.5. The van der Waals surface area contributed by atoms with Crippen molar-refractivity contribution in [3.05, 3.63) is 71.7 Å². The Bertz CT molecular complexity index is 1130. The maximum atomic E-state index is 13.6. The summed E-state index contributed by atoms with van der Waals surface area (Å²) < 4.78 is 13.6. The second-order valence-electron chi connectivity index (χ2n) is 7.98. The fraction of sp³-hybridized carbons (Fsp3) is 0.280. The van der Waals surface area contributed by atoms with E-state index in [1.54, 1.807) is 24.3 Å². The van der Waals surface area contributed by atoms with Crippen LogP contribution in [0, 0.1) is 5.82 Å². The quantitative estimate of drug-likeness (QED) is 0.495. The third-order valence-corrected chi connectivity index (χ3v) is 5.46. The number of aliphatic hydroxyl groups is 2. The van der Waals surface area contributed by atoms with Crippen LogP contribution in [0.4, 0.5) is 4.39 Å². The van der Waals surface area contributed by atoms with Gasteiger partial charge in [-0.15, -0.1) is 0 Å². The van der Waals surface area contributed by atoms with Gasteiger partial charge >= 0.3 is 0 Å². The third kappa shape index (κ3) is 5.37. The van der Waals surface area contributed by atoms with Crippen molar-refractivity contribution >= 4 is 22.9 Å². The van der Waals surface area contributed by atoms with E-state index in [4.69, 9.17) is 4.98 Å². The molecule has 0 bridgehead atoms. The molecule has 0 saturated heterocycles. The zero-order valence-electron chi connectivity index (χ0n) is 17.9. The number of carbonyl (C=O) groups excluding carboxylic acids is 1. The zero-order valence-corrected chi connectivity index (χ0v) is 17.9. The van der Waals surface area contributed by atoms with Crippen molar-refractivity contribution in [3.8, 4) is 11.1 Å². The van der Waals surface area contributed by atoms with Crippen LogP contribution in [0.1, 0.15) is 42.9 Å². The summed E-state index contributed by atoms with van der Waals surface area (Å²) in [5.74, 6) is -1.36. The number of carboxylic acid groups (broad SMARTS) is 1. The molecule has 32 heavy (non-hydrogen) atoms. The third-order valence-electron chi connectivity index (χ3n) is 5.46. The van der Waals surface area contributed by atoms with Gasteiger partial charge in [-0.2, -0.15) is 0 Å². The lowest BCUT2D eigenvalue weighted by atomic mass is 9.92. The van der Waals surface area contributed by atoms with Crippen LogP contribution in [0.3, 0.4) is 0 Å². The number of aliphatic carboxylic acids is 1. The lowest BCUT2D eigenvalue weighted by molar-refractivity contribution is -0.307. The molecule has 1 aromatic heterocycles. The van der Waals surface area contributed by atoms with E-state index in [2.05, 4.69) is 0 Å². The van der Waals surface area contributed by atoms with Gasteiger partial charge in [0, 0.05) is 41.2 Å². The van der Waals surface area contributed by atoms with Gasteiger partial charge in [0.2, 0.25) is 0 Å². The van der Waals surface area contributed by atoms with Crippen LogP contribution in [0.2, 0.25) is 0 Å². The monoisotopic (exact) mass is 438 g/mol. The fourth-order valence-corrected chi connectivity index (χ4v) is 3.85. The van der Waals surface area contributed by atoms with Gasteiger partial charge < -0.3 is 26.3 Å². The highest BCUT2D eigenvalue weighted by atomic mass is 19.1. The molecule has 1 saturated carbocycles. The van der Waals surface area contributed by atoms with Crippen LogP contribution in [0.5, 0.6) is 0 Å². The zero-order chi connectivity index (χ0) is 22.0. The highest BCUT2D eigenvalue weighted by molar-refractivity contribution is 5.99. The summed E-state index contributed by atoms with van der Waals surface area (Å²) in [5.41, 5.74) is 4.38. The minimum atomic E-state index is -1.36. The summed E-state index contributed by atoms with van der Waals surface area (Å²) in [6.07, 6.45) is 2.51. The number of nitrogens with zero attached hydrogens (tertiary/aromatic N) is 1. The molecule has 6 N–H and O–H groups in total. The average molecular weight is 438 g/mol. The molecule has 0 radical (unpaired) electrons. The molecule has 6 nitrogen and oxygen atoms in total. The van der Waals surface area contributed by atoms with Gasteiger partial charge in [-0.05, 0) is 36.6 Å². The van der Waals surface area contributed by atoms with Crippen LogP contribution in [-0.4, -0.2) is 33.4 Å². The topological polar surface area (TPSA) is 130 Å². The molecule has 1 aliphatic rings. The Kier molecular flexibility index (Phi) is 7.35. The number of quaternary nitrogens is 1. The largest absolute Gasteiger partial charge is 0.550 e. The predicted octanol–water partition coefficient (Wildman–Crippen LogP) is 3.56. The smallest absolute Gasteiger partial charge is 0.123 e. The van der Waals surface area contributed by atoms with E-state index >= 15 is 0 Å². The minimum Gasteiger partial charge on any atom is -0.550 e. The van der Waals surface area contributed by atoms with Crippen molar-refractivity contribution in [2.24, 2.45) is 0 Å². The number of rotatable bonds is 8. The number of halogens is 1. The molecular formula is C25H27FN2O4. The Morgan fingerprint density at radius 2 is 1.84 bits per heavy atom. The molecule has 1 aliphatic carbocycles. The number of aromatic nitrogens is 1. The number of aliphatic hydroxyl groups excluding tert-OH is 2. The van der Waals surface area contributed by atoms with Crippen molar-refractivity contribution in [1.29, 1.82) is 0 Å². The molecule has 2 atom stereocenters. The van der Waals surface area contributed by atoms with E-state index in [-0.39, 0.29) is 18.4 Å². The van der Waals surface area contributed by atoms with Crippen molar-refractivity contribution in [3.63, 3.8) is 0 Å². The number of carboxylic acids is 1. The SMILES string of the molecule is O=C([O-])C[C@H](O)C[C@H](O)/C=C/c1c(C2CC2)nc2ccccc2c1-c1ccc(F)cc1.[NH4+]. The summed E-state index contributed by atoms with van der Waals surface area (Å²) >= 11 is 0. The van der Waals surface area contributed by atoms with Crippen molar-refractivity contribution in [2.75, 3.05) is 0 Å². The van der Waals surface area contributed by atoms with Gasteiger partial charge in [0.25, 0.3) is 0 Å². The first kappa shape index (κ1) is 23.5. The number of benzene rings is 2. The van der Waals surface area contributed by atoms with Gasteiger partial charge in [-0.3, -0.25) is 4.98 Å². The standard InChI is InChI=1S/C25H24FNO4.H3N/c26-17-9-7-15(8-10-17)24-20-3-1-2-4-22(20)27-25(16-5-6-16)21(24)12-11-18(28)13-19(29)14-23(30)31;/h1-4,7-12,16,18-19,28-29H,5-6,13-14H2,(H,30,31);1H3/b12-11+;/t18-,19-;/m1./s1. The van der Waals surface area contributed by atoms with E-state index in [1.165, 1.54) is 12.1 Å². The summed E-state index contributed by atoms with van der Waals surface area (Å²) in [6, 6.07) is 14.1. The molecule has 0 spiro atoms. The van der Waals surface area contributed by atoms with Crippen molar-refractivity contribution < 1.29 is 24.5 Å². The molecular weight excluding hydrogens is 411 g/mol. The Labute approximate surface area is 185 Å². The predicted molar refractivity (Wildman–Crippen MR) is 120 cm³/mol. The number of hydrogen-bond donors (Lipinski definition) is 3. The van der Waals surface area contributed by atoms with Crippen molar-refractivity contribution in [2.45, 2.75) is 43.8 Å². The van der Waals surface area contributed by atoms with Gasteiger partial charge in [0.1, 0.15) is 5.82 Å². The summed E-state index contributed by atoms with van der Waals surface area (Å²) in [6.45, 7) is 0. The van der Waals surface area contributed by atoms with Crippen LogP contribution in [-0.2, 0) is 4.79 Å². The second kappa shape index (κ2) is 9.99. The Balaban J connectivity index is 0.00000289. The Morgan fingerprint density at radius 1 is 1.16 bits per heavy atom. The lowest BCUT2D eigenvalue weighted by Gasteiger charge is -2.17. The van der Waals surface area contributed by atoms with E-state index in [0.717, 1.165) is 46.1 Å². The van der Waals surface area contributed by atoms with E-state index in [0.29, 0.717) is 5.92 Å². The van der Waals surface area contributed by atoms with E-state index in [9.17, 15) is 24.5 Å². The van der Waals surface area contributed by atoms with Gasteiger partial charge in [-0.1, -0.05) is 42.5 Å². The molecule has 0 aliphatic heterocycles. The molecule has 1 fully saturated rings. The molecule has 7 heteroatoms. The van der Waals surface area contributed by atoms with E-state index < -0.39 is 24.6 Å². The highest BCUT2D eigenvalue weighted by Crippen LogP contribution is 2.45. The van der Waals surface area contributed by atoms with Gasteiger partial charge in [-0.25, -0.2) is 4.39 Å². The van der Waals surface area contributed by atoms with Crippen LogP contribution < -0.4 is 11.3 Å². The Morgan fingerprint density at radius 3 is 2.50 bits per heavy atom. The number of hydrogen-bond acceptors (Lipinski definition) is 5. The number of carbonyl (C=O) groups is 1. The molecule has 4 rings (SSSR count). The molecule has 3 aromatic rings. The Hall–Kier alpha value is -3.13.